The molecular weight excluding hydrogens is 254 g/mol. The molecule has 0 fully saturated rings. The molecule has 2 aromatic carbocycles. The predicted molar refractivity (Wildman–Crippen MR) is 78.2 cm³/mol. The lowest BCUT2D eigenvalue weighted by atomic mass is 10.2. The molecule has 1 heterocycles. The minimum atomic E-state index is 0.835. The smallest absolute Gasteiger partial charge is 0.125 e. The minimum Gasteiger partial charge on any atom is -0.244 e. The van der Waals surface area contributed by atoms with E-state index in [9.17, 15) is 0 Å². The van der Waals surface area contributed by atoms with E-state index in [1.807, 2.05) is 60.0 Å². The maximum Gasteiger partial charge on any atom is 0.125 e. The third-order valence-corrected chi connectivity index (χ3v) is 3.40. The van der Waals surface area contributed by atoms with Gasteiger partial charge in [0.2, 0.25) is 0 Å². The van der Waals surface area contributed by atoms with Crippen LogP contribution in [0.2, 0.25) is 0 Å². The molecule has 0 aliphatic heterocycles. The summed E-state index contributed by atoms with van der Waals surface area (Å²) in [5.41, 5.74) is 2.69. The summed E-state index contributed by atoms with van der Waals surface area (Å²) >= 11 is 1.60. The predicted octanol–water partition coefficient (Wildman–Crippen LogP) is 5.23. The van der Waals surface area contributed by atoms with Gasteiger partial charge in [-0.1, -0.05) is 30.3 Å². The number of nitrogens with zero attached hydrogens (tertiary/aromatic N) is 3. The van der Waals surface area contributed by atoms with Crippen LogP contribution in [0, 0.1) is 0 Å². The second kappa shape index (κ2) is 5.54. The summed E-state index contributed by atoms with van der Waals surface area (Å²) < 4.78 is 0. The van der Waals surface area contributed by atoms with Crippen molar-refractivity contribution in [2.24, 2.45) is 10.2 Å². The average molecular weight is 265 g/mol. The van der Waals surface area contributed by atoms with Gasteiger partial charge in [0.05, 0.1) is 11.4 Å². The van der Waals surface area contributed by atoms with Crippen LogP contribution in [0.15, 0.2) is 76.4 Å². The van der Waals surface area contributed by atoms with Crippen molar-refractivity contribution >= 4 is 22.7 Å². The first kappa shape index (κ1) is 11.7. The molecule has 1 aromatic heterocycles. The fraction of sp³-hybridized carbons (Fsp3) is 0. The highest BCUT2D eigenvalue weighted by Gasteiger charge is 2.05. The van der Waals surface area contributed by atoms with Crippen LogP contribution in [0.5, 0.6) is 0 Å². The van der Waals surface area contributed by atoms with E-state index in [1.54, 1.807) is 17.5 Å². The summed E-state index contributed by atoms with van der Waals surface area (Å²) in [4.78, 5) is 4.32. The van der Waals surface area contributed by atoms with Crippen LogP contribution in [-0.4, -0.2) is 4.98 Å². The normalized spacial score (nSPS) is 10.9. The van der Waals surface area contributed by atoms with Gasteiger partial charge >= 0.3 is 0 Å². The van der Waals surface area contributed by atoms with Gasteiger partial charge in [0.15, 0.2) is 0 Å². The molecule has 0 unspecified atom stereocenters. The van der Waals surface area contributed by atoms with E-state index in [0.717, 1.165) is 21.9 Å². The summed E-state index contributed by atoms with van der Waals surface area (Å²) in [6.45, 7) is 0. The third kappa shape index (κ3) is 2.74. The molecule has 92 valence electrons. The minimum absolute atomic E-state index is 0.835. The van der Waals surface area contributed by atoms with E-state index in [4.69, 9.17) is 0 Å². The number of hydrogen-bond donors (Lipinski definition) is 0. The van der Waals surface area contributed by atoms with Gasteiger partial charge in [-0.25, -0.2) is 4.98 Å². The fourth-order valence-corrected chi connectivity index (χ4v) is 2.38. The third-order valence-electron chi connectivity index (χ3n) is 2.60. The summed E-state index contributed by atoms with van der Waals surface area (Å²) in [6, 6.07) is 17.6. The number of thiazole rings is 1. The molecule has 4 heteroatoms. The van der Waals surface area contributed by atoms with Gasteiger partial charge in [0.1, 0.15) is 5.01 Å². The lowest BCUT2D eigenvalue weighted by molar-refractivity contribution is 1.23. The first-order chi connectivity index (χ1) is 9.43. The summed E-state index contributed by atoms with van der Waals surface area (Å²) in [7, 11) is 0. The van der Waals surface area contributed by atoms with Gasteiger partial charge < -0.3 is 0 Å². The highest BCUT2D eigenvalue weighted by molar-refractivity contribution is 7.13. The lowest BCUT2D eigenvalue weighted by Crippen LogP contribution is -1.76. The number of hydrogen-bond acceptors (Lipinski definition) is 4. The van der Waals surface area contributed by atoms with E-state index in [2.05, 4.69) is 15.2 Å². The van der Waals surface area contributed by atoms with E-state index >= 15 is 0 Å². The number of aromatic nitrogens is 1. The maximum absolute atomic E-state index is 4.32. The molecule has 0 saturated heterocycles. The molecule has 0 spiro atoms. The molecule has 0 aliphatic carbocycles. The molecule has 0 atom stereocenters. The zero-order valence-electron chi connectivity index (χ0n) is 10.1. The van der Waals surface area contributed by atoms with Gasteiger partial charge in [-0.2, -0.15) is 5.11 Å². The second-order valence-corrected chi connectivity index (χ2v) is 4.78. The largest absolute Gasteiger partial charge is 0.244 e. The van der Waals surface area contributed by atoms with E-state index in [0.29, 0.717) is 0 Å². The van der Waals surface area contributed by atoms with Crippen molar-refractivity contribution < 1.29 is 0 Å². The van der Waals surface area contributed by atoms with Crippen LogP contribution < -0.4 is 0 Å². The molecule has 19 heavy (non-hydrogen) atoms. The first-order valence-electron chi connectivity index (χ1n) is 5.89. The quantitative estimate of drug-likeness (QED) is 0.598. The van der Waals surface area contributed by atoms with E-state index in [-0.39, 0.29) is 0 Å². The van der Waals surface area contributed by atoms with Crippen molar-refractivity contribution in [3.05, 3.63) is 66.2 Å². The van der Waals surface area contributed by atoms with Crippen molar-refractivity contribution in [3.63, 3.8) is 0 Å². The second-order valence-electron chi connectivity index (χ2n) is 3.89. The molecule has 0 saturated carbocycles. The number of azo groups is 1. The van der Waals surface area contributed by atoms with Gasteiger partial charge in [-0.05, 0) is 24.3 Å². The Morgan fingerprint density at radius 2 is 1.63 bits per heavy atom. The molecule has 3 aromatic rings. The number of benzene rings is 2. The van der Waals surface area contributed by atoms with E-state index in [1.165, 1.54) is 0 Å². The maximum atomic E-state index is 4.32. The van der Waals surface area contributed by atoms with Gasteiger partial charge in [-0.15, -0.1) is 16.5 Å². The zero-order valence-corrected chi connectivity index (χ0v) is 10.9. The van der Waals surface area contributed by atoms with Crippen molar-refractivity contribution in [2.45, 2.75) is 0 Å². The highest BCUT2D eigenvalue weighted by atomic mass is 32.1. The molecule has 0 amide bonds. The average Bonchev–Trinajstić information content (AvgIpc) is 3.01. The van der Waals surface area contributed by atoms with Gasteiger partial charge in [-0.3, -0.25) is 0 Å². The van der Waals surface area contributed by atoms with Crippen LogP contribution in [0.25, 0.3) is 10.6 Å². The molecule has 0 bridgehead atoms. The standard InChI is InChI=1S/C15H11N3S/c1-2-6-12(7-3-1)17-18-14-9-5-4-8-13(14)15-16-10-11-19-15/h1-11H. The van der Waals surface area contributed by atoms with Gasteiger partial charge in [0.25, 0.3) is 0 Å². The van der Waals surface area contributed by atoms with Crippen LogP contribution in [0.1, 0.15) is 0 Å². The monoisotopic (exact) mass is 265 g/mol. The molecule has 0 N–H and O–H groups in total. The van der Waals surface area contributed by atoms with Crippen molar-refractivity contribution in [1.29, 1.82) is 0 Å². The highest BCUT2D eigenvalue weighted by Crippen LogP contribution is 2.32. The molecular formula is C15H11N3S. The molecule has 0 radical (unpaired) electrons. The Labute approximate surface area is 115 Å². The SMILES string of the molecule is c1ccc(N=Nc2ccccc2-c2nccs2)cc1. The first-order valence-corrected chi connectivity index (χ1v) is 6.77. The Balaban J connectivity index is 1.96. The topological polar surface area (TPSA) is 37.6 Å². The molecule has 3 rings (SSSR count). The summed E-state index contributed by atoms with van der Waals surface area (Å²) in [5, 5.41) is 11.5. The Hall–Kier alpha value is -2.33. The van der Waals surface area contributed by atoms with Crippen LogP contribution in [0.4, 0.5) is 11.4 Å². The Kier molecular flexibility index (Phi) is 3.42. The van der Waals surface area contributed by atoms with Crippen molar-refractivity contribution in [2.75, 3.05) is 0 Å². The number of rotatable bonds is 3. The van der Waals surface area contributed by atoms with Crippen LogP contribution in [-0.2, 0) is 0 Å². The fourth-order valence-electron chi connectivity index (χ4n) is 1.70. The lowest BCUT2D eigenvalue weighted by Gasteiger charge is -2.00. The van der Waals surface area contributed by atoms with Crippen molar-refractivity contribution in [3.8, 4) is 10.6 Å². The summed E-state index contributed by atoms with van der Waals surface area (Å²) in [6.07, 6.45) is 1.80. The Bertz CT molecular complexity index is 676. The summed E-state index contributed by atoms with van der Waals surface area (Å²) in [5.74, 6) is 0. The molecule has 0 aliphatic rings. The Morgan fingerprint density at radius 3 is 2.42 bits per heavy atom. The van der Waals surface area contributed by atoms with Gasteiger partial charge in [0, 0.05) is 17.1 Å². The van der Waals surface area contributed by atoms with E-state index < -0.39 is 0 Å². The van der Waals surface area contributed by atoms with Crippen molar-refractivity contribution in [1.82, 2.24) is 4.98 Å². The molecule has 3 nitrogen and oxygen atoms in total. The Morgan fingerprint density at radius 1 is 0.842 bits per heavy atom. The van der Waals surface area contributed by atoms with Crippen LogP contribution in [0.3, 0.4) is 0 Å². The van der Waals surface area contributed by atoms with Crippen LogP contribution >= 0.6 is 11.3 Å². The zero-order chi connectivity index (χ0) is 12.9.